The Hall–Kier alpha value is -0.246. The molecule has 0 bridgehead atoms. The van der Waals surface area contributed by atoms with Crippen LogP contribution in [0.3, 0.4) is 0 Å². The lowest BCUT2D eigenvalue weighted by Crippen LogP contribution is -2.51. The van der Waals surface area contributed by atoms with Crippen LogP contribution in [0.1, 0.15) is 11.1 Å². The largest absolute Gasteiger partial charge is 0.253 e. The predicted octanol–water partition coefficient (Wildman–Crippen LogP) is 5.28. The summed E-state index contributed by atoms with van der Waals surface area (Å²) < 4.78 is 4.94. The second-order valence-electron chi connectivity index (χ2n) is 7.77. The first-order valence-corrected chi connectivity index (χ1v) is 15.6. The van der Waals surface area contributed by atoms with E-state index >= 15 is 0 Å². The molecule has 0 saturated heterocycles. The van der Waals surface area contributed by atoms with E-state index in [0.29, 0.717) is 0 Å². The second-order valence-corrected chi connectivity index (χ2v) is 21.8. The Balaban J connectivity index is 2.20. The fourth-order valence-electron chi connectivity index (χ4n) is 3.19. The normalized spacial score (nSPS) is 19.6. The molecule has 1 atom stereocenters. The van der Waals surface area contributed by atoms with Crippen LogP contribution in [0.25, 0.3) is 0 Å². The standard InChI is InChI=1S/C15H26NPSi2/c1-12-8-10-13(11-9-12)14-16-17(14)15(18(2,3)4)19(5,6)7/h8-11,15H,1-7H3. The van der Waals surface area contributed by atoms with E-state index in [0.717, 1.165) is 4.91 Å². The van der Waals surface area contributed by atoms with Crippen molar-refractivity contribution in [1.29, 1.82) is 0 Å². The molecule has 1 heterocycles. The Morgan fingerprint density at radius 3 is 1.79 bits per heavy atom. The second kappa shape index (κ2) is 4.94. The van der Waals surface area contributed by atoms with Crippen molar-refractivity contribution in [3.8, 4) is 0 Å². The van der Waals surface area contributed by atoms with E-state index < -0.39 is 16.1 Å². The summed E-state index contributed by atoms with van der Waals surface area (Å²) in [6, 6.07) is 8.92. The minimum atomic E-state index is -1.13. The van der Waals surface area contributed by atoms with Crippen LogP contribution in [0, 0.1) is 6.92 Å². The molecule has 0 radical (unpaired) electrons. The van der Waals surface area contributed by atoms with Gasteiger partial charge in [0.15, 0.2) is 0 Å². The van der Waals surface area contributed by atoms with Gasteiger partial charge in [-0.15, -0.1) is 0 Å². The zero-order valence-electron chi connectivity index (χ0n) is 13.3. The Morgan fingerprint density at radius 2 is 1.37 bits per heavy atom. The summed E-state index contributed by atoms with van der Waals surface area (Å²) in [5.41, 5.74) is 4.14. The molecule has 1 aliphatic rings. The average molecular weight is 308 g/mol. The number of hydrogen-bond acceptors (Lipinski definition) is 1. The number of rotatable bonds is 4. The highest BCUT2D eigenvalue weighted by Crippen LogP contribution is 2.63. The van der Waals surface area contributed by atoms with Crippen LogP contribution in [-0.4, -0.2) is 26.5 Å². The van der Waals surface area contributed by atoms with Crippen molar-refractivity contribution in [2.45, 2.75) is 51.1 Å². The van der Waals surface area contributed by atoms with E-state index in [-0.39, 0.29) is 8.07 Å². The van der Waals surface area contributed by atoms with E-state index in [4.69, 9.17) is 4.76 Å². The molecule has 1 aromatic carbocycles. The van der Waals surface area contributed by atoms with Crippen LogP contribution in [0.4, 0.5) is 0 Å². The third-order valence-corrected chi connectivity index (χ3v) is 19.7. The summed E-state index contributed by atoms with van der Waals surface area (Å²) >= 11 is 0. The third-order valence-electron chi connectivity index (χ3n) is 3.57. The molecule has 0 amide bonds. The highest BCUT2D eigenvalue weighted by Gasteiger charge is 2.49. The summed E-state index contributed by atoms with van der Waals surface area (Å²) in [5.74, 6) is 0. The Labute approximate surface area is 121 Å². The van der Waals surface area contributed by atoms with E-state index in [1.165, 1.54) is 16.6 Å². The van der Waals surface area contributed by atoms with Gasteiger partial charge in [0.25, 0.3) is 0 Å². The maximum absolute atomic E-state index is 4.94. The van der Waals surface area contributed by atoms with Gasteiger partial charge in [-0.1, -0.05) is 69.1 Å². The van der Waals surface area contributed by atoms with Gasteiger partial charge in [0.2, 0.25) is 0 Å². The molecule has 0 N–H and O–H groups in total. The summed E-state index contributed by atoms with van der Waals surface area (Å²) in [5, 5.41) is 0. The Kier molecular flexibility index (Phi) is 3.94. The molecule has 1 aliphatic heterocycles. The van der Waals surface area contributed by atoms with Crippen LogP contribution in [0.5, 0.6) is 0 Å². The molecule has 0 fully saturated rings. The van der Waals surface area contributed by atoms with Crippen LogP contribution in [-0.2, 0) is 0 Å². The number of hydrogen-bond donors (Lipinski definition) is 0. The summed E-state index contributed by atoms with van der Waals surface area (Å²) in [7, 11) is -2.44. The molecule has 0 aromatic heterocycles. The topological polar surface area (TPSA) is 12.4 Å². The van der Waals surface area contributed by atoms with Crippen molar-refractivity contribution in [3.63, 3.8) is 0 Å². The van der Waals surface area contributed by atoms with Gasteiger partial charge in [-0.05, 0) is 11.8 Å². The fraction of sp³-hybridized carbons (Fsp3) is 0.533. The van der Waals surface area contributed by atoms with Crippen molar-refractivity contribution in [2.75, 3.05) is 0 Å². The molecule has 19 heavy (non-hydrogen) atoms. The van der Waals surface area contributed by atoms with Crippen molar-refractivity contribution >= 4 is 29.7 Å². The van der Waals surface area contributed by atoms with E-state index in [2.05, 4.69) is 70.5 Å². The number of benzene rings is 1. The molecule has 4 heteroatoms. The smallest absolute Gasteiger partial charge is 0.0921 e. The molecule has 104 valence electrons. The van der Waals surface area contributed by atoms with Gasteiger partial charge in [0.1, 0.15) is 0 Å². The molecular formula is C15H26NPSi2. The van der Waals surface area contributed by atoms with Gasteiger partial charge in [-0.25, -0.2) is 0 Å². The molecule has 0 spiro atoms. The Morgan fingerprint density at radius 1 is 0.895 bits per heavy atom. The number of nitrogens with zero attached hydrogens (tertiary/aromatic N) is 1. The van der Waals surface area contributed by atoms with E-state index in [1.54, 1.807) is 0 Å². The van der Waals surface area contributed by atoms with Gasteiger partial charge in [-0.2, -0.15) is 0 Å². The predicted molar refractivity (Wildman–Crippen MR) is 95.1 cm³/mol. The minimum absolute atomic E-state index is 0.174. The molecule has 0 aliphatic carbocycles. The quantitative estimate of drug-likeness (QED) is 0.530. The van der Waals surface area contributed by atoms with Crippen LogP contribution < -0.4 is 0 Å². The van der Waals surface area contributed by atoms with Gasteiger partial charge in [-0.3, -0.25) is 4.76 Å². The maximum Gasteiger partial charge on any atom is 0.0921 e. The van der Waals surface area contributed by atoms with Gasteiger partial charge < -0.3 is 0 Å². The zero-order valence-corrected chi connectivity index (χ0v) is 16.2. The van der Waals surface area contributed by atoms with Crippen LogP contribution >= 0.6 is 8.07 Å². The molecule has 1 aromatic rings. The molecule has 1 unspecified atom stereocenters. The number of aryl methyl sites for hydroxylation is 1. The highest BCUT2D eigenvalue weighted by molar-refractivity contribution is 7.87. The van der Waals surface area contributed by atoms with Crippen LogP contribution in [0.2, 0.25) is 39.3 Å². The maximum atomic E-state index is 4.94. The first-order chi connectivity index (χ1) is 8.60. The lowest BCUT2D eigenvalue weighted by Gasteiger charge is -2.37. The molecular weight excluding hydrogens is 281 g/mol. The molecule has 2 rings (SSSR count). The van der Waals surface area contributed by atoms with E-state index in [9.17, 15) is 0 Å². The van der Waals surface area contributed by atoms with E-state index in [1.807, 2.05) is 0 Å². The lowest BCUT2D eigenvalue weighted by molar-refractivity contribution is 1.45. The highest BCUT2D eigenvalue weighted by atomic mass is 31.1. The first-order valence-electron chi connectivity index (χ1n) is 7.05. The zero-order chi connectivity index (χ0) is 14.4. The fourth-order valence-corrected chi connectivity index (χ4v) is 21.7. The van der Waals surface area contributed by atoms with Gasteiger partial charge >= 0.3 is 0 Å². The summed E-state index contributed by atoms with van der Waals surface area (Å²) in [6.07, 6.45) is 0. The molecule has 1 nitrogen and oxygen atoms in total. The first kappa shape index (κ1) is 15.1. The van der Waals surface area contributed by atoms with Crippen LogP contribution in [0.15, 0.2) is 29.0 Å². The van der Waals surface area contributed by atoms with Crippen molar-refractivity contribution in [2.24, 2.45) is 4.76 Å². The lowest BCUT2D eigenvalue weighted by atomic mass is 10.2. The monoisotopic (exact) mass is 307 g/mol. The Bertz CT molecular complexity index is 480. The van der Waals surface area contributed by atoms with Crippen molar-refractivity contribution in [3.05, 3.63) is 35.4 Å². The third kappa shape index (κ3) is 3.45. The summed E-state index contributed by atoms with van der Waals surface area (Å²) in [6.45, 7) is 17.3. The van der Waals surface area contributed by atoms with Gasteiger partial charge in [0.05, 0.1) is 29.7 Å². The average Bonchev–Trinajstić information content (AvgIpc) is 2.94. The van der Waals surface area contributed by atoms with Crippen molar-refractivity contribution in [1.82, 2.24) is 0 Å². The SMILES string of the molecule is Cc1ccc(C2=NP2C([Si](C)(C)C)[Si](C)(C)C)cc1. The summed E-state index contributed by atoms with van der Waals surface area (Å²) in [4.78, 5) is 0.923. The molecule has 0 saturated carbocycles. The minimum Gasteiger partial charge on any atom is -0.253 e. The van der Waals surface area contributed by atoms with Gasteiger partial charge in [0, 0.05) is 5.56 Å². The van der Waals surface area contributed by atoms with Crippen molar-refractivity contribution < 1.29 is 0 Å².